The molecule has 1 amide bonds. The lowest BCUT2D eigenvalue weighted by Crippen LogP contribution is -2.46. The smallest absolute Gasteiger partial charge is 0.405 e. The van der Waals surface area contributed by atoms with Crippen molar-refractivity contribution >= 4 is 23.3 Å². The average molecular weight is 190 g/mol. The highest BCUT2D eigenvalue weighted by molar-refractivity contribution is 7.80. The molecule has 0 aromatic heterocycles. The Labute approximate surface area is 77.1 Å². The first-order chi connectivity index (χ1) is 5.49. The molecule has 0 aromatic rings. The van der Waals surface area contributed by atoms with Crippen molar-refractivity contribution in [2.45, 2.75) is 26.3 Å². The van der Waals surface area contributed by atoms with Crippen molar-refractivity contribution in [3.8, 4) is 0 Å². The Morgan fingerprint density at radius 3 is 2.50 bits per heavy atom. The number of carboxylic acid groups (broad SMARTS) is 1. The van der Waals surface area contributed by atoms with Crippen LogP contribution in [0.5, 0.6) is 0 Å². The molecule has 0 radical (unpaired) electrons. The Morgan fingerprint density at radius 2 is 2.25 bits per heavy atom. The number of nitrogens with two attached hydrogens (primary N) is 1. The van der Waals surface area contributed by atoms with Gasteiger partial charge in [-0.1, -0.05) is 32.5 Å². The number of amides is 1. The van der Waals surface area contributed by atoms with E-state index in [1.54, 1.807) is 0 Å². The second-order valence-corrected chi connectivity index (χ2v) is 3.19. The summed E-state index contributed by atoms with van der Waals surface area (Å²) in [5.41, 5.74) is 5.37. The molecule has 0 saturated carbocycles. The molecule has 4 N–H and O–H groups in total. The van der Waals surface area contributed by atoms with E-state index >= 15 is 0 Å². The summed E-state index contributed by atoms with van der Waals surface area (Å²) in [6.45, 7) is 3.86. The van der Waals surface area contributed by atoms with Crippen LogP contribution in [0, 0.1) is 5.92 Å². The van der Waals surface area contributed by atoms with Crippen LogP contribution in [0.2, 0.25) is 0 Å². The first kappa shape index (κ1) is 11.2. The van der Waals surface area contributed by atoms with Gasteiger partial charge in [0.1, 0.15) is 0 Å². The molecule has 5 heteroatoms. The van der Waals surface area contributed by atoms with E-state index in [2.05, 4.69) is 5.32 Å². The van der Waals surface area contributed by atoms with E-state index in [0.29, 0.717) is 0 Å². The van der Waals surface area contributed by atoms with Gasteiger partial charge >= 0.3 is 6.09 Å². The highest BCUT2D eigenvalue weighted by atomic mass is 32.1. The third kappa shape index (κ3) is 3.52. The van der Waals surface area contributed by atoms with E-state index < -0.39 is 12.1 Å². The third-order valence-corrected chi connectivity index (χ3v) is 2.05. The SMILES string of the molecule is CCC(C)C(NC(=O)O)C(N)=S. The van der Waals surface area contributed by atoms with Crippen molar-refractivity contribution in [3.63, 3.8) is 0 Å². The molecule has 2 atom stereocenters. The van der Waals surface area contributed by atoms with Crippen LogP contribution in [-0.4, -0.2) is 22.2 Å². The van der Waals surface area contributed by atoms with Crippen LogP contribution in [0.15, 0.2) is 0 Å². The van der Waals surface area contributed by atoms with Crippen LogP contribution in [0.4, 0.5) is 4.79 Å². The lowest BCUT2D eigenvalue weighted by Gasteiger charge is -2.21. The van der Waals surface area contributed by atoms with Gasteiger partial charge < -0.3 is 16.2 Å². The third-order valence-electron chi connectivity index (χ3n) is 1.80. The monoisotopic (exact) mass is 190 g/mol. The number of rotatable bonds is 4. The maximum Gasteiger partial charge on any atom is 0.405 e. The van der Waals surface area contributed by atoms with E-state index in [9.17, 15) is 4.79 Å². The Morgan fingerprint density at radius 1 is 1.75 bits per heavy atom. The van der Waals surface area contributed by atoms with E-state index in [1.807, 2.05) is 13.8 Å². The molecule has 0 aliphatic rings. The minimum atomic E-state index is -1.09. The zero-order valence-corrected chi connectivity index (χ0v) is 8.02. The minimum Gasteiger partial charge on any atom is -0.465 e. The summed E-state index contributed by atoms with van der Waals surface area (Å²) in [6.07, 6.45) is -0.254. The van der Waals surface area contributed by atoms with Crippen LogP contribution in [0.3, 0.4) is 0 Å². The van der Waals surface area contributed by atoms with E-state index in [0.717, 1.165) is 6.42 Å². The molecule has 0 fully saturated rings. The summed E-state index contributed by atoms with van der Waals surface area (Å²) in [4.78, 5) is 10.5. The zero-order chi connectivity index (χ0) is 9.72. The summed E-state index contributed by atoms with van der Waals surface area (Å²) in [5, 5.41) is 10.7. The van der Waals surface area contributed by atoms with Gasteiger partial charge in [-0.15, -0.1) is 0 Å². The Kier molecular flexibility index (Phi) is 4.58. The highest BCUT2D eigenvalue weighted by Gasteiger charge is 2.19. The molecular formula is C7H14N2O2S. The van der Waals surface area contributed by atoms with Crippen LogP contribution in [-0.2, 0) is 0 Å². The maximum absolute atomic E-state index is 10.3. The lowest BCUT2D eigenvalue weighted by molar-refractivity contribution is 0.189. The fraction of sp³-hybridized carbons (Fsp3) is 0.714. The Hall–Kier alpha value is -0.840. The molecule has 12 heavy (non-hydrogen) atoms. The summed E-state index contributed by atoms with van der Waals surface area (Å²) in [5.74, 6) is 0.138. The molecule has 0 heterocycles. The summed E-state index contributed by atoms with van der Waals surface area (Å²) in [7, 11) is 0. The second-order valence-electron chi connectivity index (χ2n) is 2.72. The van der Waals surface area contributed by atoms with Crippen LogP contribution >= 0.6 is 12.2 Å². The molecule has 0 bridgehead atoms. The Balaban J connectivity index is 4.22. The summed E-state index contributed by atoms with van der Waals surface area (Å²) >= 11 is 4.73. The van der Waals surface area contributed by atoms with Gasteiger partial charge in [-0.05, 0) is 5.92 Å². The summed E-state index contributed by atoms with van der Waals surface area (Å²) < 4.78 is 0. The van der Waals surface area contributed by atoms with Crippen molar-refractivity contribution in [3.05, 3.63) is 0 Å². The van der Waals surface area contributed by atoms with Crippen molar-refractivity contribution < 1.29 is 9.90 Å². The van der Waals surface area contributed by atoms with Crippen LogP contribution < -0.4 is 11.1 Å². The van der Waals surface area contributed by atoms with Crippen molar-refractivity contribution in [2.75, 3.05) is 0 Å². The topological polar surface area (TPSA) is 75.3 Å². The lowest BCUT2D eigenvalue weighted by atomic mass is 9.99. The van der Waals surface area contributed by atoms with Crippen molar-refractivity contribution in [2.24, 2.45) is 11.7 Å². The number of hydrogen-bond donors (Lipinski definition) is 3. The molecule has 0 saturated heterocycles. The fourth-order valence-electron chi connectivity index (χ4n) is 0.863. The van der Waals surface area contributed by atoms with E-state index in [4.69, 9.17) is 23.1 Å². The van der Waals surface area contributed by atoms with Crippen molar-refractivity contribution in [1.82, 2.24) is 5.32 Å². The standard InChI is InChI=1S/C7H14N2O2S/c1-3-4(2)5(6(8)12)9-7(10)11/h4-5,9H,3H2,1-2H3,(H2,8,12)(H,10,11). The minimum absolute atomic E-state index is 0.138. The predicted molar refractivity (Wildman–Crippen MR) is 51.2 cm³/mol. The van der Waals surface area contributed by atoms with Gasteiger partial charge in [0.2, 0.25) is 0 Å². The highest BCUT2D eigenvalue weighted by Crippen LogP contribution is 2.07. The molecule has 0 aliphatic heterocycles. The van der Waals surface area contributed by atoms with Gasteiger partial charge in [-0.3, -0.25) is 0 Å². The number of carbonyl (C=O) groups is 1. The quantitative estimate of drug-likeness (QED) is 0.577. The fourth-order valence-corrected chi connectivity index (χ4v) is 1.15. The molecule has 4 nitrogen and oxygen atoms in total. The summed E-state index contributed by atoms with van der Waals surface area (Å²) in [6, 6.07) is -0.414. The first-order valence-corrected chi connectivity index (χ1v) is 4.18. The van der Waals surface area contributed by atoms with Gasteiger partial charge in [-0.25, -0.2) is 4.79 Å². The largest absolute Gasteiger partial charge is 0.465 e. The Bertz CT molecular complexity index is 184. The van der Waals surface area contributed by atoms with Gasteiger partial charge in [-0.2, -0.15) is 0 Å². The van der Waals surface area contributed by atoms with Gasteiger partial charge in [0, 0.05) is 0 Å². The molecular weight excluding hydrogens is 176 g/mol. The average Bonchev–Trinajstić information content (AvgIpc) is 1.98. The molecule has 0 rings (SSSR count). The maximum atomic E-state index is 10.3. The molecule has 2 unspecified atom stereocenters. The molecule has 0 aromatic carbocycles. The number of nitrogens with one attached hydrogen (secondary N) is 1. The normalized spacial score (nSPS) is 14.8. The molecule has 70 valence electrons. The van der Waals surface area contributed by atoms with Gasteiger partial charge in [0.25, 0.3) is 0 Å². The molecule has 0 spiro atoms. The van der Waals surface area contributed by atoms with Crippen molar-refractivity contribution in [1.29, 1.82) is 0 Å². The van der Waals surface area contributed by atoms with E-state index in [-0.39, 0.29) is 10.9 Å². The predicted octanol–water partition coefficient (Wildman–Crippen LogP) is 0.955. The van der Waals surface area contributed by atoms with Crippen LogP contribution in [0.25, 0.3) is 0 Å². The number of hydrogen-bond acceptors (Lipinski definition) is 2. The van der Waals surface area contributed by atoms with E-state index in [1.165, 1.54) is 0 Å². The number of thiocarbonyl (C=S) groups is 1. The first-order valence-electron chi connectivity index (χ1n) is 3.77. The van der Waals surface area contributed by atoms with Crippen LogP contribution in [0.1, 0.15) is 20.3 Å². The van der Waals surface area contributed by atoms with Gasteiger partial charge in [0.05, 0.1) is 11.0 Å². The van der Waals surface area contributed by atoms with Gasteiger partial charge in [0.15, 0.2) is 0 Å². The molecule has 0 aliphatic carbocycles. The second kappa shape index (κ2) is 4.92. The zero-order valence-electron chi connectivity index (χ0n) is 7.20.